The molecule has 0 radical (unpaired) electrons. The van der Waals surface area contributed by atoms with Gasteiger partial charge in [0.1, 0.15) is 11.5 Å². The Balaban J connectivity index is 1.86. The van der Waals surface area contributed by atoms with E-state index in [4.69, 9.17) is 0 Å². The van der Waals surface area contributed by atoms with E-state index in [0.29, 0.717) is 24.3 Å². The minimum absolute atomic E-state index is 0.236. The van der Waals surface area contributed by atoms with E-state index in [1.54, 1.807) is 0 Å². The molecule has 0 bridgehead atoms. The first kappa shape index (κ1) is 16.4. The molecule has 29 heavy (non-hydrogen) atoms. The van der Waals surface area contributed by atoms with Crippen molar-refractivity contribution < 1.29 is 10.2 Å². The smallest absolute Gasteiger partial charge is 0.120 e. The lowest BCUT2D eigenvalue weighted by atomic mass is 9.79. The molecule has 6 rings (SSSR count). The molecule has 2 aliphatic carbocycles. The maximum atomic E-state index is 11.1. The van der Waals surface area contributed by atoms with Gasteiger partial charge in [-0.1, -0.05) is 72.8 Å². The summed E-state index contributed by atoms with van der Waals surface area (Å²) < 4.78 is 0. The van der Waals surface area contributed by atoms with Crippen LogP contribution in [0.5, 0.6) is 11.5 Å². The monoisotopic (exact) mass is 376 g/mol. The van der Waals surface area contributed by atoms with Gasteiger partial charge in [-0.15, -0.1) is 0 Å². The molecule has 2 aliphatic rings. The van der Waals surface area contributed by atoms with Gasteiger partial charge in [0.2, 0.25) is 0 Å². The van der Waals surface area contributed by atoms with E-state index in [0.717, 1.165) is 43.8 Å². The summed E-state index contributed by atoms with van der Waals surface area (Å²) in [5.41, 5.74) is 3.77. The maximum absolute atomic E-state index is 11.1. The highest BCUT2D eigenvalue weighted by Crippen LogP contribution is 2.52. The first-order valence-corrected chi connectivity index (χ1v) is 10.00. The van der Waals surface area contributed by atoms with Crippen molar-refractivity contribution in [1.29, 1.82) is 0 Å². The molecule has 0 unspecified atom stereocenters. The Morgan fingerprint density at radius 3 is 1.55 bits per heavy atom. The van der Waals surface area contributed by atoms with Crippen LogP contribution in [0.2, 0.25) is 0 Å². The topological polar surface area (TPSA) is 40.5 Å². The maximum Gasteiger partial charge on any atom is 0.120 e. The molecule has 140 valence electrons. The average Bonchev–Trinajstić information content (AvgIpc) is 3.11. The van der Waals surface area contributed by atoms with E-state index in [-0.39, 0.29) is 5.41 Å². The predicted octanol–water partition coefficient (Wildman–Crippen LogP) is 6.28. The lowest BCUT2D eigenvalue weighted by molar-refractivity contribution is 0.434. The number of allylic oxidation sites excluding steroid dienone is 4. The second-order valence-electron chi connectivity index (χ2n) is 8.25. The van der Waals surface area contributed by atoms with E-state index < -0.39 is 0 Å². The molecule has 1 spiro atoms. The van der Waals surface area contributed by atoms with Crippen LogP contribution in [0.15, 0.2) is 85.0 Å². The van der Waals surface area contributed by atoms with Gasteiger partial charge in [0.05, 0.1) is 0 Å². The minimum atomic E-state index is -0.236. The van der Waals surface area contributed by atoms with Crippen molar-refractivity contribution in [1.82, 2.24) is 0 Å². The molecular weight excluding hydrogens is 356 g/mol. The van der Waals surface area contributed by atoms with Crippen molar-refractivity contribution >= 4 is 21.5 Å². The highest BCUT2D eigenvalue weighted by atomic mass is 16.3. The summed E-state index contributed by atoms with van der Waals surface area (Å²) in [6, 6.07) is 20.1. The molecule has 4 aromatic carbocycles. The van der Waals surface area contributed by atoms with Crippen molar-refractivity contribution in [2.24, 2.45) is 5.41 Å². The van der Waals surface area contributed by atoms with Crippen LogP contribution in [0.1, 0.15) is 11.1 Å². The Labute approximate surface area is 169 Å². The van der Waals surface area contributed by atoms with Crippen LogP contribution in [-0.4, -0.2) is 10.2 Å². The quantitative estimate of drug-likeness (QED) is 0.379. The van der Waals surface area contributed by atoms with Crippen molar-refractivity contribution in [3.05, 3.63) is 96.1 Å². The van der Waals surface area contributed by atoms with Gasteiger partial charge in [-0.05, 0) is 57.6 Å². The molecule has 2 nitrogen and oxygen atoms in total. The average molecular weight is 376 g/mol. The van der Waals surface area contributed by atoms with Crippen LogP contribution in [0.3, 0.4) is 0 Å². The van der Waals surface area contributed by atoms with Gasteiger partial charge >= 0.3 is 0 Å². The van der Waals surface area contributed by atoms with Crippen LogP contribution < -0.4 is 0 Å². The van der Waals surface area contributed by atoms with Crippen LogP contribution in [-0.2, 0) is 12.8 Å². The van der Waals surface area contributed by atoms with E-state index >= 15 is 0 Å². The Morgan fingerprint density at radius 2 is 1.07 bits per heavy atom. The van der Waals surface area contributed by atoms with Crippen molar-refractivity contribution in [2.45, 2.75) is 12.8 Å². The lowest BCUT2D eigenvalue weighted by Gasteiger charge is -2.25. The van der Waals surface area contributed by atoms with Crippen molar-refractivity contribution in [3.8, 4) is 22.6 Å². The minimum Gasteiger partial charge on any atom is -0.508 e. The zero-order chi connectivity index (χ0) is 19.6. The molecule has 0 fully saturated rings. The summed E-state index contributed by atoms with van der Waals surface area (Å²) in [5.74, 6) is 0.652. The Hall–Kier alpha value is -3.52. The Morgan fingerprint density at radius 1 is 0.621 bits per heavy atom. The third kappa shape index (κ3) is 2.29. The van der Waals surface area contributed by atoms with Gasteiger partial charge in [-0.3, -0.25) is 0 Å². The summed E-state index contributed by atoms with van der Waals surface area (Å²) in [4.78, 5) is 0. The van der Waals surface area contributed by atoms with Crippen LogP contribution >= 0.6 is 0 Å². The number of fused-ring (bicyclic) bond motifs is 7. The van der Waals surface area contributed by atoms with E-state index in [9.17, 15) is 10.2 Å². The number of phenols is 2. The molecular formula is C27H20O2. The second-order valence-corrected chi connectivity index (χ2v) is 8.25. The first-order chi connectivity index (χ1) is 14.2. The Kier molecular flexibility index (Phi) is 3.25. The summed E-state index contributed by atoms with van der Waals surface area (Å²) in [6.07, 6.45) is 9.95. The van der Waals surface area contributed by atoms with Crippen LogP contribution in [0.25, 0.3) is 32.7 Å². The normalized spacial score (nSPS) is 16.3. The standard InChI is InChI=1S/C27H20O2/c28-23-13-17-7-1-3-9-19(17)25-21(23)15-27(11-5-6-12-27)16-22-24(29)14-18-8-2-4-10-20(18)26(22)25/h1-14,28-29H,15-16H2. The summed E-state index contributed by atoms with van der Waals surface area (Å²) >= 11 is 0. The third-order valence-electron chi connectivity index (χ3n) is 6.50. The van der Waals surface area contributed by atoms with E-state index in [1.165, 1.54) is 0 Å². The van der Waals surface area contributed by atoms with Crippen LogP contribution in [0, 0.1) is 5.41 Å². The fourth-order valence-electron chi connectivity index (χ4n) is 5.19. The molecule has 0 saturated carbocycles. The number of phenolic OH excluding ortho intramolecular Hbond substituents is 2. The SMILES string of the molecule is Oc1cc2ccccc2c2c1CC1(C=CC=C1)Cc1c(O)cc3ccccc3c1-2. The van der Waals surface area contributed by atoms with E-state index in [1.807, 2.05) is 48.5 Å². The van der Waals surface area contributed by atoms with Gasteiger partial charge in [-0.2, -0.15) is 0 Å². The van der Waals surface area contributed by atoms with Gasteiger partial charge < -0.3 is 10.2 Å². The number of benzene rings is 4. The number of rotatable bonds is 0. The molecule has 0 amide bonds. The fraction of sp³-hybridized carbons (Fsp3) is 0.111. The zero-order valence-corrected chi connectivity index (χ0v) is 15.9. The van der Waals surface area contributed by atoms with Gasteiger partial charge in [0.15, 0.2) is 0 Å². The second kappa shape index (κ2) is 5.74. The predicted molar refractivity (Wildman–Crippen MR) is 118 cm³/mol. The molecule has 2 N–H and O–H groups in total. The van der Waals surface area contributed by atoms with Gasteiger partial charge in [-0.25, -0.2) is 0 Å². The largest absolute Gasteiger partial charge is 0.508 e. The van der Waals surface area contributed by atoms with Gasteiger partial charge in [0.25, 0.3) is 0 Å². The van der Waals surface area contributed by atoms with Gasteiger partial charge in [0, 0.05) is 16.5 Å². The summed E-state index contributed by atoms with van der Waals surface area (Å²) in [7, 11) is 0. The fourth-order valence-corrected chi connectivity index (χ4v) is 5.19. The molecule has 0 heterocycles. The number of hydrogen-bond acceptors (Lipinski definition) is 2. The molecule has 4 aromatic rings. The lowest BCUT2D eigenvalue weighted by Crippen LogP contribution is -2.19. The number of aromatic hydroxyl groups is 2. The van der Waals surface area contributed by atoms with Crippen LogP contribution in [0.4, 0.5) is 0 Å². The highest BCUT2D eigenvalue weighted by molar-refractivity contribution is 6.09. The highest BCUT2D eigenvalue weighted by Gasteiger charge is 2.36. The summed E-state index contributed by atoms with van der Waals surface area (Å²) in [6.45, 7) is 0. The Bertz CT molecular complexity index is 1270. The zero-order valence-electron chi connectivity index (χ0n) is 15.9. The van der Waals surface area contributed by atoms with E-state index in [2.05, 4.69) is 36.4 Å². The molecule has 2 heteroatoms. The third-order valence-corrected chi connectivity index (χ3v) is 6.50. The number of hydrogen-bond donors (Lipinski definition) is 2. The molecule has 0 saturated heterocycles. The molecule has 0 atom stereocenters. The van der Waals surface area contributed by atoms with Crippen molar-refractivity contribution in [2.75, 3.05) is 0 Å². The summed E-state index contributed by atoms with van der Waals surface area (Å²) in [5, 5.41) is 26.4. The first-order valence-electron chi connectivity index (χ1n) is 10.00. The molecule has 0 aromatic heterocycles. The molecule has 0 aliphatic heterocycles. The van der Waals surface area contributed by atoms with Crippen molar-refractivity contribution in [3.63, 3.8) is 0 Å².